The third kappa shape index (κ3) is 7.12. The standard InChI is InChI=1S/2C23H19BrINO/c2*1-23(2,3)17-8-6-9-18(25)21(17)22(27)26-19-10-5-4-7-15(19)16-13-14(24)11-12-20(16)26/h2*4-13H,1-3H3. The molecule has 0 bridgehead atoms. The highest BCUT2D eigenvalue weighted by molar-refractivity contribution is 14.1. The number of hydrogen-bond donors (Lipinski definition) is 0. The van der Waals surface area contributed by atoms with Crippen molar-refractivity contribution in [2.24, 2.45) is 0 Å². The van der Waals surface area contributed by atoms with Crippen molar-refractivity contribution < 1.29 is 9.59 Å². The molecule has 0 aliphatic rings. The topological polar surface area (TPSA) is 44.0 Å². The largest absolute Gasteiger partial charge is 0.276 e. The van der Waals surface area contributed by atoms with E-state index >= 15 is 0 Å². The summed E-state index contributed by atoms with van der Waals surface area (Å²) in [6.07, 6.45) is 0. The maximum Gasteiger partial charge on any atom is 0.264 e. The van der Waals surface area contributed by atoms with Gasteiger partial charge in [-0.1, -0.05) is 134 Å². The predicted octanol–water partition coefficient (Wildman–Crippen LogP) is 14.3. The summed E-state index contributed by atoms with van der Waals surface area (Å²) in [5, 5.41) is 4.34. The molecule has 272 valence electrons. The van der Waals surface area contributed by atoms with Gasteiger partial charge < -0.3 is 0 Å². The SMILES string of the molecule is CC(C)(C)c1cccc(I)c1C(=O)n1c2ccccc2c2cc(Br)ccc21.CC(C)(C)c1cccc(I)c1C(=O)n1c2ccccc2c2cc(Br)ccc21. The molecule has 0 atom stereocenters. The number of fused-ring (bicyclic) bond motifs is 6. The summed E-state index contributed by atoms with van der Waals surface area (Å²) in [6.45, 7) is 12.9. The van der Waals surface area contributed by atoms with Crippen LogP contribution in [-0.4, -0.2) is 20.9 Å². The first-order valence-corrected chi connectivity index (χ1v) is 21.4. The van der Waals surface area contributed by atoms with E-state index in [0.717, 1.165) is 82.0 Å². The Labute approximate surface area is 359 Å². The fourth-order valence-corrected chi connectivity index (χ4v) is 9.46. The van der Waals surface area contributed by atoms with Crippen LogP contribution in [0.4, 0.5) is 0 Å². The first kappa shape index (κ1) is 38.9. The summed E-state index contributed by atoms with van der Waals surface area (Å²) in [5.41, 5.74) is 7.23. The Bertz CT molecular complexity index is 2590. The Morgan fingerprint density at radius 1 is 0.463 bits per heavy atom. The summed E-state index contributed by atoms with van der Waals surface area (Å²) < 4.78 is 7.71. The second kappa shape index (κ2) is 15.0. The van der Waals surface area contributed by atoms with Crippen LogP contribution >= 0.6 is 77.0 Å². The van der Waals surface area contributed by atoms with Crippen LogP contribution < -0.4 is 0 Å². The quantitative estimate of drug-likeness (QED) is 0.162. The summed E-state index contributed by atoms with van der Waals surface area (Å²) in [7, 11) is 0. The highest BCUT2D eigenvalue weighted by Crippen LogP contribution is 2.37. The lowest BCUT2D eigenvalue weighted by Crippen LogP contribution is -2.22. The van der Waals surface area contributed by atoms with E-state index in [9.17, 15) is 9.59 Å². The molecule has 54 heavy (non-hydrogen) atoms. The number of halogens is 4. The molecule has 0 spiro atoms. The number of carbonyl (C=O) groups is 2. The van der Waals surface area contributed by atoms with Gasteiger partial charge in [0.05, 0.1) is 33.2 Å². The van der Waals surface area contributed by atoms with Gasteiger partial charge in [0.25, 0.3) is 11.8 Å². The van der Waals surface area contributed by atoms with Gasteiger partial charge in [0.2, 0.25) is 0 Å². The molecule has 8 rings (SSSR count). The molecule has 0 saturated heterocycles. The van der Waals surface area contributed by atoms with Gasteiger partial charge in [0, 0.05) is 37.6 Å². The van der Waals surface area contributed by atoms with Crippen LogP contribution in [0.15, 0.2) is 130 Å². The molecule has 2 aromatic heterocycles. The number of hydrogen-bond acceptors (Lipinski definition) is 2. The van der Waals surface area contributed by atoms with Crippen molar-refractivity contribution in [2.75, 3.05) is 0 Å². The van der Waals surface area contributed by atoms with Gasteiger partial charge in [-0.05, 0) is 128 Å². The van der Waals surface area contributed by atoms with Gasteiger partial charge in [0.1, 0.15) is 0 Å². The van der Waals surface area contributed by atoms with E-state index in [-0.39, 0.29) is 22.6 Å². The Morgan fingerprint density at radius 3 is 1.19 bits per heavy atom. The zero-order valence-electron chi connectivity index (χ0n) is 30.8. The Morgan fingerprint density at radius 2 is 0.815 bits per heavy atom. The van der Waals surface area contributed by atoms with Crippen molar-refractivity contribution in [3.05, 3.63) is 160 Å². The molecule has 0 radical (unpaired) electrons. The number of aromatic nitrogens is 2. The van der Waals surface area contributed by atoms with Crippen molar-refractivity contribution >= 4 is 132 Å². The Balaban J connectivity index is 0.000000167. The van der Waals surface area contributed by atoms with E-state index < -0.39 is 0 Å². The lowest BCUT2D eigenvalue weighted by Gasteiger charge is -2.23. The minimum absolute atomic E-state index is 0.0263. The molecule has 0 aliphatic carbocycles. The normalized spacial score (nSPS) is 12.0. The first-order chi connectivity index (χ1) is 25.6. The Kier molecular flexibility index (Phi) is 10.8. The van der Waals surface area contributed by atoms with Gasteiger partial charge in [-0.25, -0.2) is 0 Å². The van der Waals surface area contributed by atoms with Crippen LogP contribution in [0, 0.1) is 7.14 Å². The molecule has 2 heterocycles. The molecule has 0 fully saturated rings. The average molecular weight is 1060 g/mol. The van der Waals surface area contributed by atoms with Gasteiger partial charge in [-0.2, -0.15) is 0 Å². The van der Waals surface area contributed by atoms with E-state index in [2.05, 4.69) is 155 Å². The molecule has 0 saturated carbocycles. The summed E-state index contributed by atoms with van der Waals surface area (Å²) in [4.78, 5) is 27.7. The van der Waals surface area contributed by atoms with Gasteiger partial charge in [-0.15, -0.1) is 0 Å². The molecule has 0 amide bonds. The van der Waals surface area contributed by atoms with E-state index in [4.69, 9.17) is 0 Å². The lowest BCUT2D eigenvalue weighted by molar-refractivity contribution is 0.0958. The number of nitrogens with zero attached hydrogens (tertiary/aromatic N) is 2. The van der Waals surface area contributed by atoms with Gasteiger partial charge in [-0.3, -0.25) is 18.7 Å². The van der Waals surface area contributed by atoms with Gasteiger partial charge >= 0.3 is 0 Å². The highest BCUT2D eigenvalue weighted by atomic mass is 127. The highest BCUT2D eigenvalue weighted by Gasteiger charge is 2.28. The second-order valence-corrected chi connectivity index (χ2v) is 19.6. The van der Waals surface area contributed by atoms with Crippen LogP contribution in [0.5, 0.6) is 0 Å². The average Bonchev–Trinajstić information content (AvgIpc) is 3.62. The van der Waals surface area contributed by atoms with Crippen molar-refractivity contribution in [3.8, 4) is 0 Å². The number of carbonyl (C=O) groups excluding carboxylic acids is 2. The molecule has 6 aromatic carbocycles. The summed E-state index contributed by atoms with van der Waals surface area (Å²) >= 11 is 11.7. The van der Waals surface area contributed by atoms with Gasteiger partial charge in [0.15, 0.2) is 0 Å². The molecular formula is C46H38Br2I2N2O2. The van der Waals surface area contributed by atoms with Crippen molar-refractivity contribution in [2.45, 2.75) is 52.4 Å². The summed E-state index contributed by atoms with van der Waals surface area (Å²) in [5.74, 6) is 0.0527. The molecular weight excluding hydrogens is 1030 g/mol. The van der Waals surface area contributed by atoms with Crippen LogP contribution in [0.25, 0.3) is 43.6 Å². The number of para-hydroxylation sites is 2. The van der Waals surface area contributed by atoms with Crippen molar-refractivity contribution in [1.82, 2.24) is 9.13 Å². The fraction of sp³-hybridized carbons (Fsp3) is 0.174. The maximum absolute atomic E-state index is 13.9. The number of rotatable bonds is 2. The maximum atomic E-state index is 13.9. The van der Waals surface area contributed by atoms with E-state index in [1.165, 1.54) is 0 Å². The Hall–Kier alpha value is -3.32. The van der Waals surface area contributed by atoms with E-state index in [1.54, 1.807) is 0 Å². The molecule has 0 aliphatic heterocycles. The summed E-state index contributed by atoms with van der Waals surface area (Å²) in [6, 6.07) is 40.6. The van der Waals surface area contributed by atoms with Crippen LogP contribution in [-0.2, 0) is 10.8 Å². The molecule has 8 aromatic rings. The fourth-order valence-electron chi connectivity index (χ4n) is 7.28. The lowest BCUT2D eigenvalue weighted by atomic mass is 9.83. The van der Waals surface area contributed by atoms with Crippen molar-refractivity contribution in [1.29, 1.82) is 0 Å². The molecule has 8 heteroatoms. The molecule has 0 unspecified atom stereocenters. The van der Waals surface area contributed by atoms with Crippen LogP contribution in [0.1, 0.15) is 73.4 Å². The minimum atomic E-state index is -0.117. The monoisotopic (exact) mass is 1060 g/mol. The van der Waals surface area contributed by atoms with E-state index in [0.29, 0.717) is 0 Å². The third-order valence-corrected chi connectivity index (χ3v) is 12.5. The smallest absolute Gasteiger partial charge is 0.264 e. The van der Waals surface area contributed by atoms with Crippen molar-refractivity contribution in [3.63, 3.8) is 0 Å². The minimum Gasteiger partial charge on any atom is -0.276 e. The molecule has 4 nitrogen and oxygen atoms in total. The van der Waals surface area contributed by atoms with E-state index in [1.807, 2.05) is 94.1 Å². The first-order valence-electron chi connectivity index (χ1n) is 17.6. The third-order valence-electron chi connectivity index (χ3n) is 9.75. The molecule has 0 N–H and O–H groups in total. The predicted molar refractivity (Wildman–Crippen MR) is 249 cm³/mol. The zero-order chi connectivity index (χ0) is 38.7. The van der Waals surface area contributed by atoms with Crippen LogP contribution in [0.2, 0.25) is 0 Å². The number of benzene rings is 6. The van der Waals surface area contributed by atoms with Crippen LogP contribution in [0.3, 0.4) is 0 Å². The second-order valence-electron chi connectivity index (χ2n) is 15.5. The zero-order valence-corrected chi connectivity index (χ0v) is 38.3.